The molecule has 0 aromatic carbocycles. The molecule has 0 aromatic heterocycles. The summed E-state index contributed by atoms with van der Waals surface area (Å²) in [4.78, 5) is 19.6. The molecule has 2 saturated heterocycles. The van der Waals surface area contributed by atoms with Crippen molar-refractivity contribution in [1.29, 1.82) is 0 Å². The molecule has 31 heavy (non-hydrogen) atoms. The van der Waals surface area contributed by atoms with Crippen molar-refractivity contribution in [1.82, 2.24) is 0 Å². The van der Waals surface area contributed by atoms with Crippen molar-refractivity contribution >= 4 is 15.6 Å². The van der Waals surface area contributed by atoms with Crippen LogP contribution in [-0.4, -0.2) is 70.3 Å². The smallest absolute Gasteiger partial charge is 0.388 e. The summed E-state index contributed by atoms with van der Waals surface area (Å²) in [7, 11) is -9.96. The molecule has 0 aromatic rings. The molecule has 2 rings (SSSR count). The number of aliphatic hydroxyl groups excluding tert-OH is 2. The fourth-order valence-corrected chi connectivity index (χ4v) is 6.12. The zero-order valence-corrected chi connectivity index (χ0v) is 19.9. The predicted octanol–water partition coefficient (Wildman–Crippen LogP) is 2.29. The van der Waals surface area contributed by atoms with Gasteiger partial charge in [-0.25, -0.2) is 9.13 Å². The van der Waals surface area contributed by atoms with E-state index in [2.05, 4.69) is 22.3 Å². The van der Waals surface area contributed by atoms with E-state index in [1.165, 1.54) is 0 Å². The summed E-state index contributed by atoms with van der Waals surface area (Å²) in [5.41, 5.74) is 0.695. The Balaban J connectivity index is 1.87. The van der Waals surface area contributed by atoms with Crippen LogP contribution in [0.3, 0.4) is 0 Å². The molecule has 2 aliphatic rings. The van der Waals surface area contributed by atoms with Gasteiger partial charge in [-0.1, -0.05) is 31.9 Å². The molecule has 2 aliphatic heterocycles. The Hall–Kier alpha value is -0.160. The van der Waals surface area contributed by atoms with Crippen molar-refractivity contribution in [2.75, 3.05) is 19.8 Å². The molecule has 182 valence electrons. The molecule has 4 N–H and O–H groups in total. The third-order valence-electron chi connectivity index (χ3n) is 5.88. The largest absolute Gasteiger partial charge is 0.481 e. The van der Waals surface area contributed by atoms with E-state index in [-0.39, 0.29) is 24.7 Å². The minimum atomic E-state index is -5.01. The van der Waals surface area contributed by atoms with Crippen molar-refractivity contribution in [3.63, 3.8) is 0 Å². The quantitative estimate of drug-likeness (QED) is 0.236. The van der Waals surface area contributed by atoms with Gasteiger partial charge >= 0.3 is 15.6 Å². The van der Waals surface area contributed by atoms with Crippen LogP contribution < -0.4 is 0 Å². The van der Waals surface area contributed by atoms with Gasteiger partial charge in [0.25, 0.3) is 0 Å². The van der Waals surface area contributed by atoms with Crippen LogP contribution in [0.25, 0.3) is 0 Å². The van der Waals surface area contributed by atoms with Crippen LogP contribution in [-0.2, 0) is 32.0 Å². The maximum absolute atomic E-state index is 12.2. The van der Waals surface area contributed by atoms with Crippen molar-refractivity contribution in [2.24, 2.45) is 5.41 Å². The van der Waals surface area contributed by atoms with Gasteiger partial charge in [0, 0.05) is 5.41 Å². The van der Waals surface area contributed by atoms with Gasteiger partial charge in [-0.05, 0) is 26.7 Å². The highest BCUT2D eigenvalue weighted by atomic mass is 31.3. The third kappa shape index (κ3) is 7.16. The van der Waals surface area contributed by atoms with Gasteiger partial charge in [-0.2, -0.15) is 4.31 Å². The number of unbranched alkanes of at least 4 members (excludes halogenated alkanes) is 1. The first-order valence-electron chi connectivity index (χ1n) is 10.3. The van der Waals surface area contributed by atoms with Gasteiger partial charge in [-0.15, -0.1) is 0 Å². The lowest BCUT2D eigenvalue weighted by Gasteiger charge is -2.33. The summed E-state index contributed by atoms with van der Waals surface area (Å²) in [6.07, 6.45) is -0.835. The number of hydrogen-bond acceptors (Lipinski definition) is 9. The van der Waals surface area contributed by atoms with E-state index in [1.54, 1.807) is 0 Å². The highest BCUT2D eigenvalue weighted by Crippen LogP contribution is 2.61. The standard InChI is InChI=1S/C18H34O11P2/c1-5-6-7-18(12(2)3)8-14(28-13(18)4)9-26-30(21,22)29-31(23,24)27-11-16-17(20)15(19)10-25-16/h13-17,19-20H,2,5-11H2,1,3-4H3,(H,21,22)(H,23,24)/t13-,14-,15?,16+,17-,18+/m0/s1. The molecule has 13 heteroatoms. The minimum absolute atomic E-state index is 0.162. The SMILES string of the molecule is C=C(C)[C@@]1(CCCC)C[C@@H](COP(=O)(O)OP(=O)(O)OC[C@H]2OCC(O)[C@@H]2O)O[C@H]1C. The van der Waals surface area contributed by atoms with Gasteiger partial charge < -0.3 is 29.5 Å². The minimum Gasteiger partial charge on any atom is -0.388 e. The van der Waals surface area contributed by atoms with Gasteiger partial charge in [-0.3, -0.25) is 9.05 Å². The number of aliphatic hydroxyl groups is 2. The maximum atomic E-state index is 12.2. The lowest BCUT2D eigenvalue weighted by molar-refractivity contribution is -0.00815. The number of hydrogen-bond donors (Lipinski definition) is 4. The first-order valence-corrected chi connectivity index (χ1v) is 13.3. The third-order valence-corrected chi connectivity index (χ3v) is 8.48. The van der Waals surface area contributed by atoms with Crippen LogP contribution in [0.2, 0.25) is 0 Å². The lowest BCUT2D eigenvalue weighted by Crippen LogP contribution is -2.32. The fourth-order valence-electron chi connectivity index (χ4n) is 4.01. The molecule has 0 bridgehead atoms. The van der Waals surface area contributed by atoms with Crippen molar-refractivity contribution in [2.45, 2.75) is 77.0 Å². The van der Waals surface area contributed by atoms with Crippen LogP contribution in [0.1, 0.15) is 46.5 Å². The Bertz CT molecular complexity index is 717. The average molecular weight is 488 g/mol. The van der Waals surface area contributed by atoms with Gasteiger partial charge in [0.2, 0.25) is 0 Å². The number of phosphoric ester groups is 2. The molecule has 0 amide bonds. The topological polar surface area (TPSA) is 161 Å². The Morgan fingerprint density at radius 3 is 2.32 bits per heavy atom. The summed E-state index contributed by atoms with van der Waals surface area (Å²) in [6, 6.07) is 0. The molecule has 2 heterocycles. The first-order chi connectivity index (χ1) is 14.3. The van der Waals surface area contributed by atoms with Crippen LogP contribution in [0.4, 0.5) is 0 Å². The summed E-state index contributed by atoms with van der Waals surface area (Å²) in [6.45, 7) is 8.91. The van der Waals surface area contributed by atoms with E-state index in [0.29, 0.717) is 6.42 Å². The van der Waals surface area contributed by atoms with Crippen molar-refractivity contribution < 1.29 is 52.0 Å². The van der Waals surface area contributed by atoms with E-state index >= 15 is 0 Å². The van der Waals surface area contributed by atoms with Gasteiger partial charge in [0.1, 0.15) is 18.3 Å². The normalized spacial score (nSPS) is 37.5. The van der Waals surface area contributed by atoms with Crippen LogP contribution in [0, 0.1) is 5.41 Å². The monoisotopic (exact) mass is 488 g/mol. The zero-order valence-electron chi connectivity index (χ0n) is 18.1. The molecule has 0 radical (unpaired) electrons. The van der Waals surface area contributed by atoms with E-state index in [9.17, 15) is 29.1 Å². The predicted molar refractivity (Wildman–Crippen MR) is 110 cm³/mol. The molecular weight excluding hydrogens is 454 g/mol. The average Bonchev–Trinajstić information content (AvgIpc) is 3.16. The zero-order chi connectivity index (χ0) is 23.4. The van der Waals surface area contributed by atoms with Gasteiger partial charge in [0.15, 0.2) is 0 Å². The van der Waals surface area contributed by atoms with Gasteiger partial charge in [0.05, 0.1) is 32.0 Å². The molecular formula is C18H34O11P2. The molecule has 0 aliphatic carbocycles. The van der Waals surface area contributed by atoms with Crippen molar-refractivity contribution in [3.8, 4) is 0 Å². The second kappa shape index (κ2) is 10.8. The second-order valence-corrected chi connectivity index (χ2v) is 11.2. The van der Waals surface area contributed by atoms with E-state index in [4.69, 9.17) is 14.0 Å². The highest BCUT2D eigenvalue weighted by molar-refractivity contribution is 7.61. The summed E-state index contributed by atoms with van der Waals surface area (Å²) in [5.74, 6) is 0. The molecule has 0 saturated carbocycles. The van der Waals surface area contributed by atoms with Crippen LogP contribution in [0.15, 0.2) is 12.2 Å². The molecule has 0 spiro atoms. The van der Waals surface area contributed by atoms with Crippen molar-refractivity contribution in [3.05, 3.63) is 12.2 Å². The van der Waals surface area contributed by atoms with Crippen LogP contribution >= 0.6 is 15.6 Å². The maximum Gasteiger partial charge on any atom is 0.481 e. The summed E-state index contributed by atoms with van der Waals surface area (Å²) in [5, 5.41) is 19.0. The van der Waals surface area contributed by atoms with E-state index in [0.717, 1.165) is 24.8 Å². The first kappa shape index (κ1) is 27.1. The Morgan fingerprint density at radius 2 is 1.81 bits per heavy atom. The summed E-state index contributed by atoms with van der Waals surface area (Å²) >= 11 is 0. The Labute approximate surface area is 182 Å². The number of rotatable bonds is 12. The Morgan fingerprint density at radius 1 is 1.19 bits per heavy atom. The van der Waals surface area contributed by atoms with E-state index < -0.39 is 46.7 Å². The molecule has 3 unspecified atom stereocenters. The molecule has 2 fully saturated rings. The molecule has 11 nitrogen and oxygen atoms in total. The second-order valence-electron chi connectivity index (χ2n) is 8.18. The summed E-state index contributed by atoms with van der Waals surface area (Å²) < 4.78 is 48.8. The lowest BCUT2D eigenvalue weighted by atomic mass is 9.71. The number of ether oxygens (including phenoxy) is 2. The van der Waals surface area contributed by atoms with Crippen LogP contribution in [0.5, 0.6) is 0 Å². The number of phosphoric acid groups is 2. The van der Waals surface area contributed by atoms with E-state index in [1.807, 2.05) is 13.8 Å². The Kier molecular flexibility index (Phi) is 9.48. The fraction of sp³-hybridized carbons (Fsp3) is 0.889. The molecule has 8 atom stereocenters. The highest BCUT2D eigenvalue weighted by Gasteiger charge is 2.47.